The number of nitrogens with two attached hydrogens (primary N) is 1. The number of fused-ring (bicyclic) bond motifs is 2. The molecule has 3 aromatic heterocycles. The lowest BCUT2D eigenvalue weighted by Crippen LogP contribution is -2.67. The van der Waals surface area contributed by atoms with Gasteiger partial charge in [0.15, 0.2) is 0 Å². The van der Waals surface area contributed by atoms with Crippen LogP contribution in [0, 0.1) is 11.2 Å². The molecule has 16 nitrogen and oxygen atoms in total. The lowest BCUT2D eigenvalue weighted by atomic mass is 9.70. The normalized spacial score (nSPS) is 22.5. The number of anilines is 4. The van der Waals surface area contributed by atoms with Gasteiger partial charge < -0.3 is 20.9 Å². The maximum absolute atomic E-state index is 15.9. The zero-order valence-corrected chi connectivity index (χ0v) is 33.9. The van der Waals surface area contributed by atoms with Gasteiger partial charge in [0.25, 0.3) is 17.7 Å². The van der Waals surface area contributed by atoms with E-state index >= 15 is 4.39 Å². The number of piperidine rings is 2. The summed E-state index contributed by atoms with van der Waals surface area (Å²) < 4.78 is 17.7. The van der Waals surface area contributed by atoms with Crippen LogP contribution in [0.25, 0.3) is 16.8 Å². The summed E-state index contributed by atoms with van der Waals surface area (Å²) in [6.07, 6.45) is 7.85. The summed E-state index contributed by atoms with van der Waals surface area (Å²) in [5.41, 5.74) is 8.96. The number of rotatable bonds is 7. The molecule has 4 saturated heterocycles. The summed E-state index contributed by atoms with van der Waals surface area (Å²) in [7, 11) is 0. The molecule has 4 fully saturated rings. The van der Waals surface area contributed by atoms with E-state index in [4.69, 9.17) is 22.3 Å². The van der Waals surface area contributed by atoms with Crippen LogP contribution in [0.4, 0.5) is 27.7 Å². The maximum Gasteiger partial charge on any atom is 0.262 e. The fourth-order valence-corrected chi connectivity index (χ4v) is 9.85. The topological polar surface area (TPSA) is 191 Å². The minimum Gasteiger partial charge on any atom is -0.382 e. The first-order valence-electron chi connectivity index (χ1n) is 20.3. The van der Waals surface area contributed by atoms with Crippen molar-refractivity contribution in [2.75, 3.05) is 60.1 Å². The standard InChI is InChI=1S/C43H41ClFN11O5/c1-42(9-14-53(21-42)26-3-5-27-29(20-26)40(61)56(39(27)60)31-6-7-33(57)50-38(31)59)54-22-43(23-54)10-15-52(16-11-43)41-51-34(35-36(46)48-13-17-55(35)41)28-4-2-24(18-30(28)45)37(58)49-32-19-25(44)8-12-47-32/h2-5,8,12-13,17-20,31H,6-7,9-11,14-16,21-23H2,1H3,(H2,46,48)(H,47,49,58)(H,50,57,59)/t31?,42-/m0/s1. The van der Waals surface area contributed by atoms with Crippen molar-refractivity contribution in [2.45, 2.75) is 50.6 Å². The van der Waals surface area contributed by atoms with Gasteiger partial charge in [0.1, 0.15) is 34.7 Å². The molecule has 5 amide bonds. The van der Waals surface area contributed by atoms with Crippen LogP contribution in [0.3, 0.4) is 0 Å². The number of pyridine rings is 1. The number of nitrogen functional groups attached to an aromatic ring is 1. The van der Waals surface area contributed by atoms with Crippen molar-refractivity contribution in [3.8, 4) is 11.3 Å². The monoisotopic (exact) mass is 845 g/mol. The van der Waals surface area contributed by atoms with Crippen molar-refractivity contribution >= 4 is 69.9 Å². The third-order valence-corrected chi connectivity index (χ3v) is 13.4. The van der Waals surface area contributed by atoms with E-state index in [0.717, 1.165) is 75.2 Å². The van der Waals surface area contributed by atoms with Gasteiger partial charge in [-0.15, -0.1) is 0 Å². The minimum atomic E-state index is -1.00. The summed E-state index contributed by atoms with van der Waals surface area (Å²) in [4.78, 5) is 85.2. The molecule has 0 radical (unpaired) electrons. The molecule has 2 atom stereocenters. The van der Waals surface area contributed by atoms with Gasteiger partial charge in [-0.1, -0.05) is 11.6 Å². The number of likely N-dealkylation sites (tertiary alicyclic amines) is 1. The minimum absolute atomic E-state index is 0.0714. The molecule has 1 unspecified atom stereocenters. The molecule has 5 aliphatic heterocycles. The first-order chi connectivity index (χ1) is 29.3. The number of hydrogen-bond acceptors (Lipinski definition) is 12. The molecule has 18 heteroatoms. The van der Waals surface area contributed by atoms with Crippen LogP contribution in [-0.2, 0) is 9.59 Å². The predicted molar refractivity (Wildman–Crippen MR) is 224 cm³/mol. The van der Waals surface area contributed by atoms with Gasteiger partial charge in [-0.25, -0.2) is 19.3 Å². The van der Waals surface area contributed by atoms with Crippen LogP contribution >= 0.6 is 11.6 Å². The molecule has 10 rings (SSSR count). The average molecular weight is 846 g/mol. The number of benzene rings is 2. The van der Waals surface area contributed by atoms with Crippen LogP contribution in [-0.4, -0.2) is 110 Å². The van der Waals surface area contributed by atoms with E-state index in [1.165, 1.54) is 24.4 Å². The highest BCUT2D eigenvalue weighted by molar-refractivity contribution is 6.30. The first kappa shape index (κ1) is 38.7. The van der Waals surface area contributed by atoms with Gasteiger partial charge in [0.2, 0.25) is 17.8 Å². The van der Waals surface area contributed by atoms with Crippen LogP contribution in [0.1, 0.15) is 70.1 Å². The van der Waals surface area contributed by atoms with Crippen LogP contribution < -0.4 is 26.2 Å². The second-order valence-electron chi connectivity index (χ2n) is 17.0. The van der Waals surface area contributed by atoms with E-state index in [9.17, 15) is 24.0 Å². The lowest BCUT2D eigenvalue weighted by Gasteiger charge is -2.59. The second kappa shape index (κ2) is 14.3. The Labute approximate surface area is 353 Å². The van der Waals surface area contributed by atoms with Gasteiger partial charge in [-0.05, 0) is 86.6 Å². The Morgan fingerprint density at radius 3 is 2.41 bits per heavy atom. The summed E-state index contributed by atoms with van der Waals surface area (Å²) in [5, 5.41) is 5.29. The van der Waals surface area contributed by atoms with Crippen LogP contribution in [0.5, 0.6) is 0 Å². The average Bonchev–Trinajstić information content (AvgIpc) is 3.89. The van der Waals surface area contributed by atoms with Crippen molar-refractivity contribution in [1.82, 2.24) is 34.5 Å². The lowest BCUT2D eigenvalue weighted by molar-refractivity contribution is -0.136. The third-order valence-electron chi connectivity index (χ3n) is 13.2. The summed E-state index contributed by atoms with van der Waals surface area (Å²) in [6, 6.07) is 11.6. The number of carbonyl (C=O) groups is 5. The largest absolute Gasteiger partial charge is 0.382 e. The highest BCUT2D eigenvalue weighted by Gasteiger charge is 2.53. The quantitative estimate of drug-likeness (QED) is 0.196. The van der Waals surface area contributed by atoms with E-state index in [2.05, 4.69) is 42.2 Å². The van der Waals surface area contributed by atoms with Gasteiger partial charge in [-0.3, -0.25) is 43.5 Å². The van der Waals surface area contributed by atoms with Crippen molar-refractivity contribution < 1.29 is 28.4 Å². The van der Waals surface area contributed by atoms with Crippen molar-refractivity contribution in [1.29, 1.82) is 0 Å². The SMILES string of the molecule is C[C@]1(N2CC3(CCN(c4nc(-c5ccc(C(=O)Nc6cc(Cl)ccn6)cc5F)c5c(N)nccn45)CC3)C2)CCN(c2ccc3c(c2)C(=O)N(C2CCC(=O)NC2=O)C3=O)C1. The number of imide groups is 2. The van der Waals surface area contributed by atoms with Crippen LogP contribution in [0.15, 0.2) is 67.1 Å². The molecule has 4 N–H and O–H groups in total. The smallest absolute Gasteiger partial charge is 0.262 e. The first-order valence-corrected chi connectivity index (χ1v) is 20.6. The van der Waals surface area contributed by atoms with Gasteiger partial charge in [-0.2, -0.15) is 0 Å². The molecular formula is C43H41ClFN11O5. The summed E-state index contributed by atoms with van der Waals surface area (Å²) in [6.45, 7) is 7.22. The highest BCUT2D eigenvalue weighted by atomic mass is 35.5. The predicted octanol–water partition coefficient (Wildman–Crippen LogP) is 4.39. The molecule has 1 spiro atoms. The summed E-state index contributed by atoms with van der Waals surface area (Å²) >= 11 is 6.02. The molecule has 0 saturated carbocycles. The molecule has 0 bridgehead atoms. The van der Waals surface area contributed by atoms with E-state index in [1.54, 1.807) is 30.6 Å². The number of nitrogens with one attached hydrogen (secondary N) is 2. The summed E-state index contributed by atoms with van der Waals surface area (Å²) in [5.74, 6) is -2.12. The maximum atomic E-state index is 15.9. The van der Waals surface area contributed by atoms with Crippen molar-refractivity contribution in [3.63, 3.8) is 0 Å². The Morgan fingerprint density at radius 1 is 0.902 bits per heavy atom. The Bertz CT molecular complexity index is 2710. The third kappa shape index (κ3) is 6.53. The number of halogens is 2. The molecule has 5 aromatic rings. The Balaban J connectivity index is 0.796. The number of hydrogen-bond donors (Lipinski definition) is 3. The van der Waals surface area contributed by atoms with E-state index in [-0.39, 0.29) is 57.7 Å². The Morgan fingerprint density at radius 2 is 1.66 bits per heavy atom. The molecule has 5 aliphatic rings. The molecule has 0 aliphatic carbocycles. The van der Waals surface area contributed by atoms with Gasteiger partial charge in [0.05, 0.1) is 11.1 Å². The fourth-order valence-electron chi connectivity index (χ4n) is 9.69. The number of carbonyl (C=O) groups excluding carboxylic acids is 5. The second-order valence-corrected chi connectivity index (χ2v) is 17.4. The number of imidazole rings is 1. The van der Waals surface area contributed by atoms with E-state index in [1.807, 2.05) is 10.5 Å². The molecule has 312 valence electrons. The highest BCUT2D eigenvalue weighted by Crippen LogP contribution is 2.47. The number of nitrogens with zero attached hydrogens (tertiary/aromatic N) is 8. The Hall–Kier alpha value is -6.46. The molecule has 61 heavy (non-hydrogen) atoms. The molecule has 2 aromatic carbocycles. The molecule has 8 heterocycles. The van der Waals surface area contributed by atoms with E-state index in [0.29, 0.717) is 22.2 Å². The van der Waals surface area contributed by atoms with Gasteiger partial charge >= 0.3 is 0 Å². The zero-order valence-electron chi connectivity index (χ0n) is 33.2. The number of aromatic nitrogens is 4. The Kier molecular flexibility index (Phi) is 9.10. The van der Waals surface area contributed by atoms with E-state index < -0.39 is 41.4 Å². The van der Waals surface area contributed by atoms with Gasteiger partial charge in [0, 0.05) is 91.7 Å². The van der Waals surface area contributed by atoms with Crippen LogP contribution in [0.2, 0.25) is 5.02 Å². The zero-order chi connectivity index (χ0) is 42.4. The number of amides is 5. The molecular weight excluding hydrogens is 805 g/mol. The fraction of sp³-hybridized carbons (Fsp3) is 0.349. The van der Waals surface area contributed by atoms with Crippen molar-refractivity contribution in [3.05, 3.63) is 94.7 Å². The van der Waals surface area contributed by atoms with Crippen molar-refractivity contribution in [2.24, 2.45) is 5.41 Å².